The number of rotatable bonds is 8. The van der Waals surface area contributed by atoms with Crippen LogP contribution in [0.4, 0.5) is 0 Å². The molecule has 4 atom stereocenters. The molecule has 0 bridgehead atoms. The zero-order chi connectivity index (χ0) is 16.1. The van der Waals surface area contributed by atoms with Crippen LogP contribution < -0.4 is 0 Å². The zero-order valence-electron chi connectivity index (χ0n) is 13.2. The van der Waals surface area contributed by atoms with Gasteiger partial charge in [-0.05, 0) is 12.8 Å². The van der Waals surface area contributed by atoms with Crippen molar-refractivity contribution in [1.29, 1.82) is 0 Å². The van der Waals surface area contributed by atoms with Crippen LogP contribution in [0.3, 0.4) is 0 Å². The number of hydrogen-bond acceptors (Lipinski definition) is 5. The molecule has 22 heavy (non-hydrogen) atoms. The molecular weight excluding hydrogens is 284 g/mol. The maximum Gasteiger partial charge on any atom is 0.141 e. The number of aromatic nitrogens is 2. The highest BCUT2D eigenvalue weighted by atomic mass is 16.4. The molecule has 1 aromatic heterocycles. The molecule has 0 amide bonds. The van der Waals surface area contributed by atoms with Gasteiger partial charge in [0.05, 0.1) is 18.3 Å². The summed E-state index contributed by atoms with van der Waals surface area (Å²) in [5.41, 5.74) is 0.837. The molecule has 1 aliphatic heterocycles. The summed E-state index contributed by atoms with van der Waals surface area (Å²) >= 11 is 0. The van der Waals surface area contributed by atoms with Crippen LogP contribution in [0, 0.1) is 0 Å². The smallest absolute Gasteiger partial charge is 0.141 e. The van der Waals surface area contributed by atoms with Crippen LogP contribution in [-0.2, 0) is 6.42 Å². The Morgan fingerprint density at radius 1 is 1.05 bits per heavy atom. The molecule has 0 saturated carbocycles. The lowest BCUT2D eigenvalue weighted by molar-refractivity contribution is -0.108. The van der Waals surface area contributed by atoms with Gasteiger partial charge < -0.3 is 25.0 Å². The zero-order valence-corrected chi connectivity index (χ0v) is 13.2. The lowest BCUT2D eigenvalue weighted by atomic mass is 9.96. The topological polar surface area (TPSA) is 98.7 Å². The van der Waals surface area contributed by atoms with E-state index in [1.54, 1.807) is 10.8 Å². The average Bonchev–Trinajstić information content (AvgIpc) is 2.93. The minimum atomic E-state index is -1.31. The molecule has 0 aliphatic carbocycles. The highest BCUT2D eigenvalue weighted by molar-refractivity contribution is 5.14. The lowest BCUT2D eigenvalue weighted by Gasteiger charge is -2.35. The molecule has 0 spiro atoms. The third-order valence-electron chi connectivity index (χ3n) is 4.47. The van der Waals surface area contributed by atoms with Crippen LogP contribution in [0.1, 0.15) is 69.1 Å². The Morgan fingerprint density at radius 3 is 2.41 bits per heavy atom. The van der Waals surface area contributed by atoms with Gasteiger partial charge in [-0.3, -0.25) is 0 Å². The minimum Gasteiger partial charge on any atom is -0.394 e. The number of aliphatic hydroxyl groups excluding tert-OH is 4. The van der Waals surface area contributed by atoms with Gasteiger partial charge in [0.25, 0.3) is 0 Å². The first kappa shape index (κ1) is 17.4. The SMILES string of the molecule is CCCCCCCCc1cn2c(n1)[C@H](O)[C@@H](O)[C@H](O)[C@H]2CO. The van der Waals surface area contributed by atoms with E-state index in [2.05, 4.69) is 11.9 Å². The Hall–Kier alpha value is -0.950. The predicted molar refractivity (Wildman–Crippen MR) is 82.4 cm³/mol. The van der Waals surface area contributed by atoms with Crippen molar-refractivity contribution in [2.24, 2.45) is 0 Å². The van der Waals surface area contributed by atoms with E-state index >= 15 is 0 Å². The number of fused-ring (bicyclic) bond motifs is 1. The van der Waals surface area contributed by atoms with Crippen LogP contribution in [0.2, 0.25) is 0 Å². The second kappa shape index (κ2) is 8.06. The summed E-state index contributed by atoms with van der Waals surface area (Å²) < 4.78 is 1.61. The maximum absolute atomic E-state index is 10.0. The Bertz CT molecular complexity index is 463. The molecule has 0 radical (unpaired) electrons. The number of nitrogens with zero attached hydrogens (tertiary/aromatic N) is 2. The number of aliphatic hydroxyl groups is 4. The van der Waals surface area contributed by atoms with Gasteiger partial charge in [-0.2, -0.15) is 0 Å². The normalized spacial score (nSPS) is 27.9. The van der Waals surface area contributed by atoms with Crippen LogP contribution in [0.25, 0.3) is 0 Å². The van der Waals surface area contributed by atoms with Crippen molar-refractivity contribution in [3.63, 3.8) is 0 Å². The highest BCUT2D eigenvalue weighted by Gasteiger charge is 2.41. The van der Waals surface area contributed by atoms with Crippen LogP contribution in [0.5, 0.6) is 0 Å². The maximum atomic E-state index is 10.0. The molecule has 0 unspecified atom stereocenters. The molecule has 126 valence electrons. The molecular formula is C16H28N2O4. The van der Waals surface area contributed by atoms with E-state index in [4.69, 9.17) is 0 Å². The summed E-state index contributed by atoms with van der Waals surface area (Å²) in [6, 6.07) is -0.654. The first-order valence-electron chi connectivity index (χ1n) is 8.32. The van der Waals surface area contributed by atoms with Gasteiger partial charge in [0.15, 0.2) is 0 Å². The third-order valence-corrected chi connectivity index (χ3v) is 4.47. The Balaban J connectivity index is 1.96. The average molecular weight is 312 g/mol. The fourth-order valence-corrected chi connectivity index (χ4v) is 3.08. The summed E-state index contributed by atoms with van der Waals surface area (Å²) in [4.78, 5) is 4.38. The summed E-state index contributed by atoms with van der Waals surface area (Å²) in [5.74, 6) is 0.331. The monoisotopic (exact) mass is 312 g/mol. The summed E-state index contributed by atoms with van der Waals surface area (Å²) in [6.07, 6.45) is 6.06. The van der Waals surface area contributed by atoms with Gasteiger partial charge in [0.2, 0.25) is 0 Å². The quantitative estimate of drug-likeness (QED) is 0.539. The van der Waals surface area contributed by atoms with Gasteiger partial charge in [-0.15, -0.1) is 0 Å². The first-order valence-corrected chi connectivity index (χ1v) is 8.32. The van der Waals surface area contributed by atoms with Gasteiger partial charge in [0, 0.05) is 6.20 Å². The van der Waals surface area contributed by atoms with Crippen molar-refractivity contribution in [2.45, 2.75) is 76.2 Å². The molecule has 0 saturated heterocycles. The van der Waals surface area contributed by atoms with Gasteiger partial charge in [-0.1, -0.05) is 39.0 Å². The van der Waals surface area contributed by atoms with E-state index in [9.17, 15) is 20.4 Å². The number of hydrogen-bond donors (Lipinski definition) is 4. The van der Waals surface area contributed by atoms with Gasteiger partial charge in [0.1, 0.15) is 24.1 Å². The summed E-state index contributed by atoms with van der Waals surface area (Å²) in [6.45, 7) is 1.89. The molecule has 2 heterocycles. The molecule has 6 heteroatoms. The predicted octanol–water partition coefficient (Wildman–Crippen LogP) is 1.09. The van der Waals surface area contributed by atoms with Crippen molar-refractivity contribution in [3.05, 3.63) is 17.7 Å². The fraction of sp³-hybridized carbons (Fsp3) is 0.812. The van der Waals surface area contributed by atoms with E-state index in [1.165, 1.54) is 25.7 Å². The molecule has 6 nitrogen and oxygen atoms in total. The van der Waals surface area contributed by atoms with E-state index < -0.39 is 24.4 Å². The molecule has 0 aromatic carbocycles. The van der Waals surface area contributed by atoms with Crippen LogP contribution in [-0.4, -0.2) is 48.8 Å². The third kappa shape index (κ3) is 3.68. The molecule has 4 N–H and O–H groups in total. The van der Waals surface area contributed by atoms with Gasteiger partial charge >= 0.3 is 0 Å². The van der Waals surface area contributed by atoms with Crippen molar-refractivity contribution in [2.75, 3.05) is 6.61 Å². The van der Waals surface area contributed by atoms with E-state index in [1.807, 2.05) is 0 Å². The standard InChI is InChI=1S/C16H28N2O4/c1-2-3-4-5-6-7-8-11-9-18-12(10-19)13(20)14(21)15(22)16(18)17-11/h9,12-15,19-22H,2-8,10H2,1H3/t12-,13-,14+,15-/m1/s1. The van der Waals surface area contributed by atoms with Crippen molar-refractivity contribution >= 4 is 0 Å². The molecule has 1 aliphatic rings. The molecule has 0 fully saturated rings. The van der Waals surface area contributed by atoms with Crippen molar-refractivity contribution < 1.29 is 20.4 Å². The largest absolute Gasteiger partial charge is 0.394 e. The second-order valence-electron chi connectivity index (χ2n) is 6.19. The Morgan fingerprint density at radius 2 is 1.73 bits per heavy atom. The highest BCUT2D eigenvalue weighted by Crippen LogP contribution is 2.32. The first-order chi connectivity index (χ1) is 10.6. The summed E-state index contributed by atoms with van der Waals surface area (Å²) in [7, 11) is 0. The van der Waals surface area contributed by atoms with Gasteiger partial charge in [-0.25, -0.2) is 4.98 Å². The number of aryl methyl sites for hydroxylation is 1. The van der Waals surface area contributed by atoms with E-state index in [0.717, 1.165) is 25.0 Å². The minimum absolute atomic E-state index is 0.301. The van der Waals surface area contributed by atoms with E-state index in [0.29, 0.717) is 5.82 Å². The van der Waals surface area contributed by atoms with Crippen LogP contribution >= 0.6 is 0 Å². The summed E-state index contributed by atoms with van der Waals surface area (Å²) in [5, 5.41) is 39.2. The molecule has 2 rings (SSSR count). The number of imidazole rings is 1. The Kier molecular flexibility index (Phi) is 6.37. The Labute approximate surface area is 131 Å². The van der Waals surface area contributed by atoms with Crippen molar-refractivity contribution in [3.8, 4) is 0 Å². The number of unbranched alkanes of at least 4 members (excludes halogenated alkanes) is 5. The second-order valence-corrected chi connectivity index (χ2v) is 6.19. The molecule has 1 aromatic rings. The fourth-order valence-electron chi connectivity index (χ4n) is 3.08. The lowest BCUT2D eigenvalue weighted by Crippen LogP contribution is -2.46. The van der Waals surface area contributed by atoms with Crippen molar-refractivity contribution in [1.82, 2.24) is 9.55 Å². The van der Waals surface area contributed by atoms with E-state index in [-0.39, 0.29) is 6.61 Å². The van der Waals surface area contributed by atoms with Crippen LogP contribution in [0.15, 0.2) is 6.20 Å².